The number of aryl methyl sites for hydroxylation is 2. The van der Waals surface area contributed by atoms with E-state index in [1.54, 1.807) is 24.3 Å². The van der Waals surface area contributed by atoms with Crippen molar-refractivity contribution in [3.63, 3.8) is 0 Å². The Hall–Kier alpha value is -3.62. The number of pyridine rings is 1. The number of anilines is 2. The minimum atomic E-state index is -0.563. The molecule has 0 aliphatic rings. The van der Waals surface area contributed by atoms with Crippen molar-refractivity contribution in [3.8, 4) is 0 Å². The van der Waals surface area contributed by atoms with E-state index in [9.17, 15) is 19.2 Å². The van der Waals surface area contributed by atoms with E-state index in [1.165, 1.54) is 43.5 Å². The van der Waals surface area contributed by atoms with Gasteiger partial charge in [-0.1, -0.05) is 12.1 Å². The number of carbonyl (C=O) groups is 1. The molecule has 0 atom stereocenters. The Morgan fingerprint density at radius 2 is 1.63 bits per heavy atom. The zero-order valence-corrected chi connectivity index (χ0v) is 15.3. The molecule has 0 saturated heterocycles. The number of hydrogen-bond donors (Lipinski definition) is 1. The summed E-state index contributed by atoms with van der Waals surface area (Å²) in [7, 11) is 5.59. The summed E-state index contributed by atoms with van der Waals surface area (Å²) >= 11 is 0. The summed E-state index contributed by atoms with van der Waals surface area (Å²) in [5.74, 6) is -0.563. The van der Waals surface area contributed by atoms with Gasteiger partial charge in [0.15, 0.2) is 0 Å². The number of carbonyl (C=O) groups excluding carboxylic acids is 1. The Morgan fingerprint density at radius 1 is 0.963 bits per heavy atom. The first-order chi connectivity index (χ1) is 12.8. The lowest BCUT2D eigenvalue weighted by molar-refractivity contribution is 0.0602. The van der Waals surface area contributed by atoms with Crippen LogP contribution in [-0.2, 0) is 25.9 Å². The predicted octanol–water partition coefficient (Wildman–Crippen LogP) is 0.466. The Bertz CT molecular complexity index is 1250. The highest BCUT2D eigenvalue weighted by Crippen LogP contribution is 2.24. The number of aromatic nitrogens is 3. The fourth-order valence-electron chi connectivity index (χ4n) is 2.98. The zero-order valence-electron chi connectivity index (χ0n) is 15.3. The Labute approximate surface area is 153 Å². The summed E-state index contributed by atoms with van der Waals surface area (Å²) in [6, 6.07) is 7.81. The molecular weight excluding hydrogens is 352 g/mol. The van der Waals surface area contributed by atoms with Crippen LogP contribution in [-0.4, -0.2) is 26.8 Å². The second-order valence-electron chi connectivity index (χ2n) is 6.02. The molecule has 0 saturated carbocycles. The molecule has 0 unspecified atom stereocenters. The third-order valence-corrected chi connectivity index (χ3v) is 4.42. The summed E-state index contributed by atoms with van der Waals surface area (Å²) in [5.41, 5.74) is -0.528. The van der Waals surface area contributed by atoms with Crippen LogP contribution in [0.5, 0.6) is 0 Å². The van der Waals surface area contributed by atoms with Crippen molar-refractivity contribution < 1.29 is 9.53 Å². The molecule has 0 aliphatic heterocycles. The van der Waals surface area contributed by atoms with Crippen molar-refractivity contribution in [3.05, 3.63) is 67.1 Å². The summed E-state index contributed by atoms with van der Waals surface area (Å²) < 4.78 is 8.19. The number of para-hydroxylation sites is 1. The van der Waals surface area contributed by atoms with Crippen LogP contribution in [0, 0.1) is 0 Å². The lowest BCUT2D eigenvalue weighted by Gasteiger charge is -2.16. The van der Waals surface area contributed by atoms with Crippen molar-refractivity contribution in [1.82, 2.24) is 13.7 Å². The maximum atomic E-state index is 12.8. The fourth-order valence-corrected chi connectivity index (χ4v) is 2.98. The number of methoxy groups -OCH3 is 1. The number of esters is 1. The molecular formula is C18H18N4O5. The van der Waals surface area contributed by atoms with Crippen LogP contribution in [0.25, 0.3) is 11.0 Å². The number of benzene rings is 1. The average molecular weight is 370 g/mol. The van der Waals surface area contributed by atoms with E-state index in [4.69, 9.17) is 4.74 Å². The van der Waals surface area contributed by atoms with Gasteiger partial charge < -0.3 is 10.1 Å². The first-order valence-corrected chi connectivity index (χ1v) is 8.02. The van der Waals surface area contributed by atoms with Crippen molar-refractivity contribution in [1.29, 1.82) is 0 Å². The lowest BCUT2D eigenvalue weighted by Crippen LogP contribution is -2.39. The molecule has 9 nitrogen and oxygen atoms in total. The molecule has 9 heteroatoms. The molecule has 0 spiro atoms. The number of rotatable bonds is 3. The first kappa shape index (κ1) is 18.2. The van der Waals surface area contributed by atoms with Crippen LogP contribution < -0.4 is 22.1 Å². The second kappa shape index (κ2) is 6.60. The fraction of sp³-hybridized carbons (Fsp3) is 0.222. The molecule has 0 radical (unpaired) electrons. The van der Waals surface area contributed by atoms with Gasteiger partial charge in [0, 0.05) is 27.2 Å². The summed E-state index contributed by atoms with van der Waals surface area (Å²) in [6.07, 6.45) is 0. The standard InChI is InChI=1S/C18H18N4O5/c1-20-13(23)9-12(14-15(20)21(2)18(26)22(3)16(14)24)19-11-8-6-5-7-10(11)17(25)27-4/h5-9,19H,1-4H3. The van der Waals surface area contributed by atoms with E-state index >= 15 is 0 Å². The molecule has 2 aromatic heterocycles. The largest absolute Gasteiger partial charge is 0.465 e. The SMILES string of the molecule is COC(=O)c1ccccc1Nc1cc(=O)n(C)c2c1c(=O)n(C)c(=O)n2C. The molecule has 1 N–H and O–H groups in total. The number of nitrogens with zero attached hydrogens (tertiary/aromatic N) is 3. The summed E-state index contributed by atoms with van der Waals surface area (Å²) in [6.45, 7) is 0. The van der Waals surface area contributed by atoms with Crippen molar-refractivity contribution in [2.24, 2.45) is 21.1 Å². The van der Waals surface area contributed by atoms with Gasteiger partial charge in [-0.25, -0.2) is 9.59 Å². The molecule has 0 bridgehead atoms. The average Bonchev–Trinajstić information content (AvgIpc) is 2.67. The third-order valence-electron chi connectivity index (χ3n) is 4.42. The van der Waals surface area contributed by atoms with Crippen molar-refractivity contribution >= 4 is 28.4 Å². The van der Waals surface area contributed by atoms with Gasteiger partial charge in [0.25, 0.3) is 11.1 Å². The van der Waals surface area contributed by atoms with Crippen LogP contribution in [0.4, 0.5) is 11.4 Å². The van der Waals surface area contributed by atoms with Crippen LogP contribution in [0.3, 0.4) is 0 Å². The van der Waals surface area contributed by atoms with E-state index in [0.717, 1.165) is 4.57 Å². The molecule has 2 heterocycles. The van der Waals surface area contributed by atoms with E-state index in [1.807, 2.05) is 0 Å². The van der Waals surface area contributed by atoms with E-state index in [-0.39, 0.29) is 22.3 Å². The molecule has 0 amide bonds. The topological polar surface area (TPSA) is 104 Å². The Morgan fingerprint density at radius 3 is 2.30 bits per heavy atom. The van der Waals surface area contributed by atoms with Gasteiger partial charge in [-0.3, -0.25) is 23.3 Å². The van der Waals surface area contributed by atoms with E-state index in [0.29, 0.717) is 5.69 Å². The summed E-state index contributed by atoms with van der Waals surface area (Å²) in [4.78, 5) is 49.4. The third kappa shape index (κ3) is 2.82. The summed E-state index contributed by atoms with van der Waals surface area (Å²) in [5, 5.41) is 3.12. The number of hydrogen-bond acceptors (Lipinski definition) is 6. The molecule has 0 aliphatic carbocycles. The van der Waals surface area contributed by atoms with E-state index < -0.39 is 22.8 Å². The highest BCUT2D eigenvalue weighted by atomic mass is 16.5. The first-order valence-electron chi connectivity index (χ1n) is 8.02. The molecule has 140 valence electrons. The van der Waals surface area contributed by atoms with Crippen LogP contribution in [0.1, 0.15) is 10.4 Å². The quantitative estimate of drug-likeness (QED) is 0.672. The normalized spacial score (nSPS) is 10.8. The minimum Gasteiger partial charge on any atom is -0.465 e. The van der Waals surface area contributed by atoms with Crippen LogP contribution in [0.15, 0.2) is 44.7 Å². The number of nitrogens with one attached hydrogen (secondary N) is 1. The van der Waals surface area contributed by atoms with Gasteiger partial charge in [-0.15, -0.1) is 0 Å². The van der Waals surface area contributed by atoms with Crippen LogP contribution in [0.2, 0.25) is 0 Å². The van der Waals surface area contributed by atoms with Gasteiger partial charge in [0.1, 0.15) is 11.0 Å². The lowest BCUT2D eigenvalue weighted by atomic mass is 10.1. The van der Waals surface area contributed by atoms with Gasteiger partial charge in [0.05, 0.1) is 24.0 Å². The highest BCUT2D eigenvalue weighted by Gasteiger charge is 2.18. The molecule has 0 fully saturated rings. The maximum absolute atomic E-state index is 12.8. The van der Waals surface area contributed by atoms with Gasteiger partial charge >= 0.3 is 11.7 Å². The van der Waals surface area contributed by atoms with Crippen LogP contribution >= 0.6 is 0 Å². The van der Waals surface area contributed by atoms with Crippen molar-refractivity contribution in [2.75, 3.05) is 12.4 Å². The molecule has 27 heavy (non-hydrogen) atoms. The molecule has 3 rings (SSSR count). The van der Waals surface area contributed by atoms with Gasteiger partial charge in [0.2, 0.25) is 0 Å². The minimum absolute atomic E-state index is 0.154. The maximum Gasteiger partial charge on any atom is 0.339 e. The monoisotopic (exact) mass is 370 g/mol. The predicted molar refractivity (Wildman–Crippen MR) is 101 cm³/mol. The van der Waals surface area contributed by atoms with Gasteiger partial charge in [-0.2, -0.15) is 0 Å². The zero-order chi connectivity index (χ0) is 19.9. The molecule has 1 aromatic carbocycles. The Kier molecular flexibility index (Phi) is 4.44. The van der Waals surface area contributed by atoms with Crippen molar-refractivity contribution in [2.45, 2.75) is 0 Å². The second-order valence-corrected chi connectivity index (χ2v) is 6.02. The van der Waals surface area contributed by atoms with Gasteiger partial charge in [-0.05, 0) is 12.1 Å². The molecule has 3 aromatic rings. The number of ether oxygens (including phenoxy) is 1. The van der Waals surface area contributed by atoms with E-state index in [2.05, 4.69) is 5.32 Å². The number of fused-ring (bicyclic) bond motifs is 1. The smallest absolute Gasteiger partial charge is 0.339 e. The Balaban J connectivity index is 2.37. The highest BCUT2D eigenvalue weighted by molar-refractivity contribution is 5.98.